The number of fused-ring (bicyclic) bond motifs is 1. The minimum absolute atomic E-state index is 0.0553. The van der Waals surface area contributed by atoms with Gasteiger partial charge in [0.2, 0.25) is 6.79 Å². The van der Waals surface area contributed by atoms with Gasteiger partial charge >= 0.3 is 0 Å². The maximum absolute atomic E-state index is 12.7. The van der Waals surface area contributed by atoms with Gasteiger partial charge in [-0.15, -0.1) is 0 Å². The van der Waals surface area contributed by atoms with Crippen LogP contribution in [0.5, 0.6) is 23.0 Å². The van der Waals surface area contributed by atoms with Gasteiger partial charge < -0.3 is 24.6 Å². The lowest BCUT2D eigenvalue weighted by Crippen LogP contribution is -2.48. The Morgan fingerprint density at radius 1 is 1.25 bits per heavy atom. The predicted octanol–water partition coefficient (Wildman–Crippen LogP) is 3.03. The minimum Gasteiger partial charge on any atom is -0.504 e. The zero-order chi connectivity index (χ0) is 23.3. The molecule has 0 radical (unpaired) electrons. The number of aromatic hydroxyl groups is 1. The van der Waals surface area contributed by atoms with Crippen LogP contribution in [0.4, 0.5) is 0 Å². The number of halogens is 1. The molecule has 0 saturated carbocycles. The molecule has 0 bridgehead atoms. The van der Waals surface area contributed by atoms with Crippen LogP contribution >= 0.6 is 22.6 Å². The number of hydrogen-bond acceptors (Lipinski definition) is 7. The lowest BCUT2D eigenvalue weighted by molar-refractivity contribution is -0.123. The number of nitrogens with one attached hydrogen (secondary N) is 2. The number of amides is 2. The Morgan fingerprint density at radius 2 is 2.00 bits per heavy atom. The van der Waals surface area contributed by atoms with E-state index in [4.69, 9.17) is 14.2 Å². The third-order valence-corrected chi connectivity index (χ3v) is 5.43. The van der Waals surface area contributed by atoms with Crippen molar-refractivity contribution in [2.45, 2.75) is 26.8 Å². The number of carbonyl (C=O) groups excluding carboxylic acids is 2. The summed E-state index contributed by atoms with van der Waals surface area (Å²) in [7, 11) is 0. The van der Waals surface area contributed by atoms with E-state index in [2.05, 4.69) is 15.8 Å². The van der Waals surface area contributed by atoms with Gasteiger partial charge in [0.1, 0.15) is 6.04 Å². The first kappa shape index (κ1) is 23.6. The maximum atomic E-state index is 12.7. The first-order valence-electron chi connectivity index (χ1n) is 9.98. The molecule has 2 amide bonds. The van der Waals surface area contributed by atoms with Crippen molar-refractivity contribution in [2.24, 2.45) is 11.0 Å². The van der Waals surface area contributed by atoms with Gasteiger partial charge in [-0.2, -0.15) is 5.10 Å². The van der Waals surface area contributed by atoms with Gasteiger partial charge in [-0.3, -0.25) is 9.59 Å². The van der Waals surface area contributed by atoms with Gasteiger partial charge in [0, 0.05) is 5.56 Å². The predicted molar refractivity (Wildman–Crippen MR) is 126 cm³/mol. The van der Waals surface area contributed by atoms with Crippen LogP contribution in [0.2, 0.25) is 0 Å². The number of hydrazone groups is 1. The highest BCUT2D eigenvalue weighted by Crippen LogP contribution is 2.33. The number of carbonyl (C=O) groups is 2. The Balaban J connectivity index is 1.66. The van der Waals surface area contributed by atoms with Crippen LogP contribution in [0.25, 0.3) is 0 Å². The molecule has 0 aliphatic carbocycles. The third kappa shape index (κ3) is 5.61. The molecule has 0 saturated heterocycles. The Hall–Kier alpha value is -3.02. The van der Waals surface area contributed by atoms with Crippen molar-refractivity contribution in [3.63, 3.8) is 0 Å². The van der Waals surface area contributed by atoms with E-state index in [1.165, 1.54) is 6.21 Å². The molecule has 2 aromatic rings. The fourth-order valence-corrected chi connectivity index (χ4v) is 3.60. The lowest BCUT2D eigenvalue weighted by Gasteiger charge is -2.20. The fraction of sp³-hybridized carbons (Fsp3) is 0.318. The molecular formula is C22H24IN3O6. The summed E-state index contributed by atoms with van der Waals surface area (Å²) < 4.78 is 16.5. The second kappa shape index (κ2) is 10.5. The Labute approximate surface area is 199 Å². The number of hydrogen-bond donors (Lipinski definition) is 3. The summed E-state index contributed by atoms with van der Waals surface area (Å²) in [6, 6.07) is 7.37. The highest BCUT2D eigenvalue weighted by molar-refractivity contribution is 14.1. The largest absolute Gasteiger partial charge is 0.504 e. The van der Waals surface area contributed by atoms with E-state index < -0.39 is 17.9 Å². The Bertz CT molecular complexity index is 1040. The summed E-state index contributed by atoms with van der Waals surface area (Å²) >= 11 is 1.99. The normalized spacial score (nSPS) is 13.3. The molecule has 1 atom stereocenters. The Kier molecular flexibility index (Phi) is 7.78. The number of phenolic OH excluding ortho intramolecular Hbond substituents is 1. The maximum Gasteiger partial charge on any atom is 0.262 e. The van der Waals surface area contributed by atoms with E-state index >= 15 is 0 Å². The van der Waals surface area contributed by atoms with E-state index in [9.17, 15) is 14.7 Å². The topological polar surface area (TPSA) is 118 Å². The molecule has 9 nitrogen and oxygen atoms in total. The van der Waals surface area contributed by atoms with Gasteiger partial charge in [0.25, 0.3) is 11.8 Å². The molecule has 32 heavy (non-hydrogen) atoms. The van der Waals surface area contributed by atoms with Crippen molar-refractivity contribution in [1.82, 2.24) is 10.7 Å². The van der Waals surface area contributed by atoms with Crippen molar-refractivity contribution < 1.29 is 28.9 Å². The lowest BCUT2D eigenvalue weighted by atomic mass is 10.0. The van der Waals surface area contributed by atoms with Crippen molar-refractivity contribution in [2.75, 3.05) is 13.4 Å². The molecule has 1 aliphatic rings. The first-order valence-corrected chi connectivity index (χ1v) is 11.1. The van der Waals surface area contributed by atoms with Crippen LogP contribution < -0.4 is 25.0 Å². The molecule has 170 valence electrons. The summed E-state index contributed by atoms with van der Waals surface area (Å²) in [6.07, 6.45) is 1.44. The molecule has 0 spiro atoms. The summed E-state index contributed by atoms with van der Waals surface area (Å²) in [5.41, 5.74) is 3.46. The Morgan fingerprint density at radius 3 is 2.72 bits per heavy atom. The first-order chi connectivity index (χ1) is 15.3. The van der Waals surface area contributed by atoms with E-state index in [1.54, 1.807) is 30.3 Å². The van der Waals surface area contributed by atoms with Gasteiger partial charge in [-0.1, -0.05) is 13.8 Å². The van der Waals surface area contributed by atoms with Crippen LogP contribution in [0, 0.1) is 9.49 Å². The van der Waals surface area contributed by atoms with Crippen LogP contribution in [0.1, 0.15) is 36.7 Å². The number of ether oxygens (including phenoxy) is 3. The van der Waals surface area contributed by atoms with Gasteiger partial charge in [0.15, 0.2) is 23.0 Å². The van der Waals surface area contributed by atoms with Crippen molar-refractivity contribution in [3.05, 3.63) is 45.0 Å². The van der Waals surface area contributed by atoms with Gasteiger partial charge in [-0.25, -0.2) is 5.43 Å². The van der Waals surface area contributed by atoms with Crippen molar-refractivity contribution in [1.29, 1.82) is 0 Å². The molecule has 1 heterocycles. The van der Waals surface area contributed by atoms with Gasteiger partial charge in [-0.05, 0) is 71.3 Å². The smallest absolute Gasteiger partial charge is 0.262 e. The number of nitrogens with zero attached hydrogens (tertiary/aromatic N) is 1. The number of phenols is 1. The SMILES string of the molecule is CCOc1cc(/C=N/NC(=O)C(NC(=O)c2ccc3c(c2)OCO3)C(C)C)cc(I)c1O. The summed E-state index contributed by atoms with van der Waals surface area (Å²) in [4.78, 5) is 25.3. The molecule has 0 aromatic heterocycles. The summed E-state index contributed by atoms with van der Waals surface area (Å²) in [5.74, 6) is 0.415. The number of benzene rings is 2. The van der Waals surface area contributed by atoms with Crippen LogP contribution in [-0.2, 0) is 4.79 Å². The summed E-state index contributed by atoms with van der Waals surface area (Å²) in [5, 5.41) is 16.8. The monoisotopic (exact) mass is 553 g/mol. The fourth-order valence-electron chi connectivity index (χ4n) is 2.97. The molecule has 2 aromatic carbocycles. The highest BCUT2D eigenvalue weighted by atomic mass is 127. The molecule has 0 fully saturated rings. The summed E-state index contributed by atoms with van der Waals surface area (Å²) in [6.45, 7) is 5.98. The standard InChI is InChI=1S/C22H24IN3O6/c1-4-30-18-8-13(7-15(23)20(18)27)10-24-26-22(29)19(12(2)3)25-21(28)14-5-6-16-17(9-14)32-11-31-16/h5-10,12,19,27H,4,11H2,1-3H3,(H,25,28)(H,26,29)/b24-10+. The molecular weight excluding hydrogens is 529 g/mol. The quantitative estimate of drug-likeness (QED) is 0.263. The van der Waals surface area contributed by atoms with E-state index in [0.29, 0.717) is 38.6 Å². The molecule has 3 rings (SSSR count). The van der Waals surface area contributed by atoms with Crippen LogP contribution in [-0.4, -0.2) is 42.6 Å². The average molecular weight is 553 g/mol. The van der Waals surface area contributed by atoms with E-state index in [0.717, 1.165) is 0 Å². The zero-order valence-electron chi connectivity index (χ0n) is 17.8. The van der Waals surface area contributed by atoms with Crippen LogP contribution in [0.15, 0.2) is 35.4 Å². The highest BCUT2D eigenvalue weighted by Gasteiger charge is 2.25. The third-order valence-electron chi connectivity index (χ3n) is 4.61. The van der Waals surface area contributed by atoms with E-state index in [1.807, 2.05) is 43.4 Å². The van der Waals surface area contributed by atoms with Crippen molar-refractivity contribution in [3.8, 4) is 23.0 Å². The average Bonchev–Trinajstić information content (AvgIpc) is 3.23. The van der Waals surface area contributed by atoms with E-state index in [-0.39, 0.29) is 18.5 Å². The van der Waals surface area contributed by atoms with Crippen LogP contribution in [0.3, 0.4) is 0 Å². The minimum atomic E-state index is -0.802. The second-order valence-electron chi connectivity index (χ2n) is 7.28. The zero-order valence-corrected chi connectivity index (χ0v) is 20.0. The molecule has 10 heteroatoms. The second-order valence-corrected chi connectivity index (χ2v) is 8.44. The number of rotatable bonds is 8. The van der Waals surface area contributed by atoms with Gasteiger partial charge in [0.05, 0.1) is 16.4 Å². The molecule has 3 N–H and O–H groups in total. The molecule has 1 aliphatic heterocycles. The molecule has 1 unspecified atom stereocenters. The van der Waals surface area contributed by atoms with Crippen molar-refractivity contribution >= 4 is 40.6 Å².